The number of alkyl halides is 3. The van der Waals surface area contributed by atoms with Crippen LogP contribution < -0.4 is 11.1 Å². The summed E-state index contributed by atoms with van der Waals surface area (Å²) in [5.74, 6) is -1.86. The van der Waals surface area contributed by atoms with E-state index in [1.807, 2.05) is 6.07 Å². The highest BCUT2D eigenvalue weighted by molar-refractivity contribution is 6.03. The number of nitriles is 1. The number of benzene rings is 1. The Kier molecular flexibility index (Phi) is 7.36. The molecule has 0 aliphatic carbocycles. The quantitative estimate of drug-likeness (QED) is 0.638. The van der Waals surface area contributed by atoms with Crippen molar-refractivity contribution in [1.29, 1.82) is 5.26 Å². The molecule has 1 aliphatic heterocycles. The number of amidine groups is 1. The largest absolute Gasteiger partial charge is 0.417 e. The summed E-state index contributed by atoms with van der Waals surface area (Å²) in [6.45, 7) is 3.96. The van der Waals surface area contributed by atoms with Crippen molar-refractivity contribution in [3.05, 3.63) is 58.7 Å². The SMILES string of the molecule is Cc1cc(C#N)cnc1C(=O)Nc1ccc(F)c([C@@]2(C)N=C(N)[C@@H](C)O[C@H]2C(F)(F)F)c1.Cl. The van der Waals surface area contributed by atoms with E-state index in [2.05, 4.69) is 15.3 Å². The van der Waals surface area contributed by atoms with Gasteiger partial charge >= 0.3 is 6.18 Å². The number of rotatable bonds is 3. The Hall–Kier alpha value is -3.23. The number of halogens is 5. The molecule has 0 fully saturated rings. The topological polar surface area (TPSA) is 113 Å². The third-order valence-corrected chi connectivity index (χ3v) is 5.12. The van der Waals surface area contributed by atoms with E-state index in [4.69, 9.17) is 15.7 Å². The zero-order chi connectivity index (χ0) is 23.8. The number of nitrogens with one attached hydrogen (secondary N) is 1. The normalized spacial score (nSPS) is 22.5. The monoisotopic (exact) mass is 485 g/mol. The van der Waals surface area contributed by atoms with Crippen molar-refractivity contribution < 1.29 is 27.1 Å². The molecule has 0 saturated carbocycles. The van der Waals surface area contributed by atoms with Crippen LogP contribution in [0.2, 0.25) is 0 Å². The van der Waals surface area contributed by atoms with Crippen LogP contribution in [0.4, 0.5) is 23.2 Å². The molecule has 3 rings (SSSR count). The van der Waals surface area contributed by atoms with Crippen molar-refractivity contribution >= 4 is 29.8 Å². The Morgan fingerprint density at radius 3 is 2.58 bits per heavy atom. The fraction of sp³-hybridized carbons (Fsp3) is 0.333. The van der Waals surface area contributed by atoms with E-state index >= 15 is 0 Å². The predicted octanol–water partition coefficient (Wildman–Crippen LogP) is 4.00. The molecule has 0 spiro atoms. The van der Waals surface area contributed by atoms with Gasteiger partial charge in [-0.1, -0.05) is 0 Å². The third kappa shape index (κ3) is 5.07. The van der Waals surface area contributed by atoms with Gasteiger partial charge in [-0.3, -0.25) is 9.79 Å². The summed E-state index contributed by atoms with van der Waals surface area (Å²) in [6.07, 6.45) is -7.21. The molecule has 7 nitrogen and oxygen atoms in total. The van der Waals surface area contributed by atoms with E-state index < -0.39 is 41.2 Å². The second-order valence-corrected chi connectivity index (χ2v) is 7.53. The van der Waals surface area contributed by atoms with E-state index in [0.29, 0.717) is 5.56 Å². The number of aliphatic imine (C=N–C) groups is 1. The molecule has 33 heavy (non-hydrogen) atoms. The molecule has 1 aromatic heterocycles. The summed E-state index contributed by atoms with van der Waals surface area (Å²) in [5.41, 5.74) is 3.75. The van der Waals surface area contributed by atoms with Crippen LogP contribution in [0.25, 0.3) is 0 Å². The highest BCUT2D eigenvalue weighted by Gasteiger charge is 2.57. The molecule has 0 bridgehead atoms. The van der Waals surface area contributed by atoms with Gasteiger partial charge in [0.2, 0.25) is 0 Å². The standard InChI is InChI=1S/C21H19F4N5O2.ClH/c1-10-6-12(8-26)9-28-16(10)18(31)29-13-4-5-15(22)14(7-13)20(3)19(21(23,24)25)32-11(2)17(27)30-20;/h4-7,9,11,19H,1-3H3,(H2,27,30)(H,29,31);1H/t11-,19-,20-;/m1./s1. The fourth-order valence-electron chi connectivity index (χ4n) is 3.48. The number of ether oxygens (including phenoxy) is 1. The summed E-state index contributed by atoms with van der Waals surface area (Å²) in [6, 6.07) is 6.54. The van der Waals surface area contributed by atoms with Crippen LogP contribution in [0.5, 0.6) is 0 Å². The maximum absolute atomic E-state index is 14.7. The highest BCUT2D eigenvalue weighted by atomic mass is 35.5. The molecule has 2 aromatic rings. The number of nitrogens with two attached hydrogens (primary N) is 1. The lowest BCUT2D eigenvalue weighted by molar-refractivity contribution is -0.248. The molecule has 1 amide bonds. The Balaban J connectivity index is 0.00000385. The van der Waals surface area contributed by atoms with Gasteiger partial charge < -0.3 is 15.8 Å². The van der Waals surface area contributed by atoms with Crippen LogP contribution in [-0.4, -0.2) is 35.1 Å². The molecular weight excluding hydrogens is 466 g/mol. The number of anilines is 1. The number of nitrogens with zero attached hydrogens (tertiary/aromatic N) is 3. The summed E-state index contributed by atoms with van der Waals surface area (Å²) < 4.78 is 61.0. The highest BCUT2D eigenvalue weighted by Crippen LogP contribution is 2.44. The van der Waals surface area contributed by atoms with Gasteiger partial charge in [0.25, 0.3) is 5.91 Å². The Morgan fingerprint density at radius 2 is 2.00 bits per heavy atom. The minimum absolute atomic E-state index is 0. The number of carbonyl (C=O) groups is 1. The van der Waals surface area contributed by atoms with E-state index in [-0.39, 0.29) is 35.2 Å². The molecule has 1 aliphatic rings. The number of hydrogen-bond acceptors (Lipinski definition) is 6. The molecule has 0 radical (unpaired) electrons. The second-order valence-electron chi connectivity index (χ2n) is 7.53. The number of aryl methyl sites for hydroxylation is 1. The molecule has 12 heteroatoms. The van der Waals surface area contributed by atoms with Crippen LogP contribution in [0, 0.1) is 24.1 Å². The summed E-state index contributed by atoms with van der Waals surface area (Å²) in [5, 5.41) is 11.4. The van der Waals surface area contributed by atoms with Gasteiger partial charge in [0.05, 0.1) is 5.56 Å². The van der Waals surface area contributed by atoms with Crippen molar-refractivity contribution in [3.63, 3.8) is 0 Å². The molecule has 2 heterocycles. The average molecular weight is 486 g/mol. The zero-order valence-electron chi connectivity index (χ0n) is 17.7. The molecule has 176 valence electrons. The number of aromatic nitrogens is 1. The molecule has 1 aromatic carbocycles. The van der Waals surface area contributed by atoms with Crippen molar-refractivity contribution in [2.75, 3.05) is 5.32 Å². The van der Waals surface area contributed by atoms with E-state index in [1.165, 1.54) is 25.3 Å². The lowest BCUT2D eigenvalue weighted by Gasteiger charge is -2.41. The minimum Gasteiger partial charge on any atom is -0.385 e. The first kappa shape index (κ1) is 26.0. The number of amides is 1. The first-order valence-electron chi connectivity index (χ1n) is 9.42. The Bertz CT molecular complexity index is 1150. The van der Waals surface area contributed by atoms with E-state index in [9.17, 15) is 22.4 Å². The molecule has 0 saturated heterocycles. The zero-order valence-corrected chi connectivity index (χ0v) is 18.5. The summed E-state index contributed by atoms with van der Waals surface area (Å²) in [7, 11) is 0. The summed E-state index contributed by atoms with van der Waals surface area (Å²) >= 11 is 0. The van der Waals surface area contributed by atoms with Gasteiger partial charge in [0.1, 0.15) is 35.1 Å². The third-order valence-electron chi connectivity index (χ3n) is 5.12. The van der Waals surface area contributed by atoms with Crippen molar-refractivity contribution in [3.8, 4) is 6.07 Å². The number of pyridine rings is 1. The number of carbonyl (C=O) groups excluding carboxylic acids is 1. The van der Waals surface area contributed by atoms with Crippen molar-refractivity contribution in [2.45, 2.75) is 44.7 Å². The molecular formula is C21H20ClF4N5O2. The molecule has 3 atom stereocenters. The smallest absolute Gasteiger partial charge is 0.385 e. The van der Waals surface area contributed by atoms with E-state index in [1.54, 1.807) is 6.92 Å². The average Bonchev–Trinajstić information content (AvgIpc) is 2.71. The van der Waals surface area contributed by atoms with Crippen LogP contribution in [-0.2, 0) is 10.3 Å². The predicted molar refractivity (Wildman–Crippen MR) is 115 cm³/mol. The second kappa shape index (κ2) is 9.33. The first-order chi connectivity index (χ1) is 14.9. The van der Waals surface area contributed by atoms with E-state index in [0.717, 1.165) is 19.1 Å². The van der Waals surface area contributed by atoms with Gasteiger partial charge in [-0.25, -0.2) is 9.37 Å². The maximum Gasteiger partial charge on any atom is 0.417 e. The lowest BCUT2D eigenvalue weighted by atomic mass is 9.84. The van der Waals surface area contributed by atoms with Gasteiger partial charge in [-0.05, 0) is 50.6 Å². The Labute approximate surface area is 193 Å². The van der Waals surface area contributed by atoms with Crippen LogP contribution in [0.3, 0.4) is 0 Å². The van der Waals surface area contributed by atoms with Crippen LogP contribution in [0.1, 0.15) is 41.0 Å². The van der Waals surface area contributed by atoms with Crippen LogP contribution in [0.15, 0.2) is 35.5 Å². The van der Waals surface area contributed by atoms with Crippen molar-refractivity contribution in [1.82, 2.24) is 4.98 Å². The summed E-state index contributed by atoms with van der Waals surface area (Å²) in [4.78, 5) is 20.5. The lowest BCUT2D eigenvalue weighted by Crippen LogP contribution is -2.55. The number of hydrogen-bond donors (Lipinski definition) is 2. The Morgan fingerprint density at radius 1 is 1.33 bits per heavy atom. The fourth-order valence-corrected chi connectivity index (χ4v) is 3.48. The van der Waals surface area contributed by atoms with Crippen molar-refractivity contribution in [2.24, 2.45) is 10.7 Å². The maximum atomic E-state index is 14.7. The van der Waals surface area contributed by atoms with Gasteiger partial charge in [-0.15, -0.1) is 12.4 Å². The van der Waals surface area contributed by atoms with Gasteiger partial charge in [-0.2, -0.15) is 18.4 Å². The molecule has 3 N–H and O–H groups in total. The molecule has 0 unspecified atom stereocenters. The van der Waals surface area contributed by atoms with Gasteiger partial charge in [0.15, 0.2) is 6.10 Å². The van der Waals surface area contributed by atoms with Crippen LogP contribution >= 0.6 is 12.4 Å². The first-order valence-corrected chi connectivity index (χ1v) is 9.42. The van der Waals surface area contributed by atoms with Gasteiger partial charge in [0, 0.05) is 17.4 Å². The minimum atomic E-state index is -4.86.